The van der Waals surface area contributed by atoms with Crippen molar-refractivity contribution >= 4 is 5.91 Å². The zero-order valence-corrected chi connectivity index (χ0v) is 11.3. The van der Waals surface area contributed by atoms with Crippen molar-refractivity contribution in [2.75, 3.05) is 20.1 Å². The zero-order chi connectivity index (χ0) is 12.3. The molecule has 0 spiro atoms. The van der Waals surface area contributed by atoms with E-state index in [1.165, 1.54) is 32.1 Å². The Labute approximate surface area is 105 Å². The third-order valence-electron chi connectivity index (χ3n) is 4.44. The molecule has 0 aromatic carbocycles. The monoisotopic (exact) mass is 238 g/mol. The maximum Gasteiger partial charge on any atom is 0.242 e. The van der Waals surface area contributed by atoms with Gasteiger partial charge in [0.05, 0.1) is 5.54 Å². The highest BCUT2D eigenvalue weighted by Gasteiger charge is 2.38. The minimum atomic E-state index is -0.288. The molecule has 2 aliphatic rings. The number of nitrogens with zero attached hydrogens (tertiary/aromatic N) is 1. The van der Waals surface area contributed by atoms with Crippen LogP contribution < -0.4 is 5.32 Å². The first kappa shape index (κ1) is 12.9. The summed E-state index contributed by atoms with van der Waals surface area (Å²) in [6.45, 7) is 4.00. The number of amides is 1. The van der Waals surface area contributed by atoms with Crippen LogP contribution in [0.3, 0.4) is 0 Å². The van der Waals surface area contributed by atoms with Crippen LogP contribution in [0.15, 0.2) is 0 Å². The van der Waals surface area contributed by atoms with Crippen molar-refractivity contribution in [1.82, 2.24) is 10.2 Å². The molecule has 1 unspecified atom stereocenters. The number of likely N-dealkylation sites (N-methyl/N-ethyl adjacent to an activating group) is 1. The van der Waals surface area contributed by atoms with Crippen LogP contribution in [0.25, 0.3) is 0 Å². The van der Waals surface area contributed by atoms with Gasteiger partial charge in [0.15, 0.2) is 0 Å². The minimum Gasteiger partial charge on any atom is -0.344 e. The average Bonchev–Trinajstić information content (AvgIpc) is 2.78. The van der Waals surface area contributed by atoms with E-state index in [0.29, 0.717) is 5.91 Å². The van der Waals surface area contributed by atoms with E-state index in [9.17, 15) is 4.79 Å². The molecule has 0 aromatic rings. The molecule has 0 bridgehead atoms. The maximum absolute atomic E-state index is 12.4. The van der Waals surface area contributed by atoms with Gasteiger partial charge in [0.25, 0.3) is 0 Å². The molecule has 3 nitrogen and oxygen atoms in total. The van der Waals surface area contributed by atoms with E-state index in [-0.39, 0.29) is 5.54 Å². The van der Waals surface area contributed by atoms with Crippen LogP contribution >= 0.6 is 0 Å². The van der Waals surface area contributed by atoms with Gasteiger partial charge in [0.1, 0.15) is 0 Å². The van der Waals surface area contributed by atoms with E-state index in [4.69, 9.17) is 0 Å². The molecule has 2 fully saturated rings. The van der Waals surface area contributed by atoms with Gasteiger partial charge >= 0.3 is 0 Å². The summed E-state index contributed by atoms with van der Waals surface area (Å²) < 4.78 is 0. The van der Waals surface area contributed by atoms with Gasteiger partial charge < -0.3 is 10.2 Å². The first-order valence-corrected chi connectivity index (χ1v) is 7.12. The second-order valence-electron chi connectivity index (χ2n) is 6.05. The molecule has 98 valence electrons. The molecule has 2 rings (SSSR count). The van der Waals surface area contributed by atoms with Gasteiger partial charge in [-0.1, -0.05) is 19.3 Å². The van der Waals surface area contributed by atoms with Crippen LogP contribution in [0.5, 0.6) is 0 Å². The number of hydrogen-bond acceptors (Lipinski definition) is 2. The van der Waals surface area contributed by atoms with Crippen LogP contribution in [-0.4, -0.2) is 36.5 Å². The Hall–Kier alpha value is -0.570. The topological polar surface area (TPSA) is 32.3 Å². The summed E-state index contributed by atoms with van der Waals surface area (Å²) >= 11 is 0. The van der Waals surface area contributed by atoms with Gasteiger partial charge in [0.2, 0.25) is 5.91 Å². The van der Waals surface area contributed by atoms with E-state index < -0.39 is 0 Å². The van der Waals surface area contributed by atoms with E-state index in [0.717, 1.165) is 31.8 Å². The summed E-state index contributed by atoms with van der Waals surface area (Å²) in [7, 11) is 1.97. The maximum atomic E-state index is 12.4. The second kappa shape index (κ2) is 5.38. The van der Waals surface area contributed by atoms with Crippen molar-refractivity contribution in [3.63, 3.8) is 0 Å². The quantitative estimate of drug-likeness (QED) is 0.817. The average molecular weight is 238 g/mol. The molecular weight excluding hydrogens is 212 g/mol. The number of rotatable bonds is 3. The first-order chi connectivity index (χ1) is 8.12. The predicted molar refractivity (Wildman–Crippen MR) is 69.9 cm³/mol. The van der Waals surface area contributed by atoms with E-state index in [1.54, 1.807) is 0 Å². The number of nitrogens with one attached hydrogen (secondary N) is 1. The van der Waals surface area contributed by atoms with Crippen molar-refractivity contribution in [2.24, 2.45) is 5.92 Å². The van der Waals surface area contributed by atoms with Crippen molar-refractivity contribution in [2.45, 2.75) is 57.4 Å². The zero-order valence-electron chi connectivity index (χ0n) is 11.3. The molecule has 1 saturated carbocycles. The molecule has 3 heteroatoms. The molecule has 1 atom stereocenters. The van der Waals surface area contributed by atoms with Crippen LogP contribution in [0.4, 0.5) is 0 Å². The lowest BCUT2D eigenvalue weighted by molar-refractivity contribution is -0.136. The lowest BCUT2D eigenvalue weighted by Gasteiger charge is -2.32. The predicted octanol–water partition coefficient (Wildman–Crippen LogP) is 2.17. The summed E-state index contributed by atoms with van der Waals surface area (Å²) in [5.74, 6) is 1.03. The summed E-state index contributed by atoms with van der Waals surface area (Å²) in [6.07, 6.45) is 8.81. The highest BCUT2D eigenvalue weighted by Crippen LogP contribution is 2.26. The standard InChI is InChI=1S/C14H26N2O/c1-14(9-6-10-15-14)13(17)16(2)11-12-7-4-3-5-8-12/h12,15H,3-11H2,1-2H3. The van der Waals surface area contributed by atoms with Gasteiger partial charge in [-0.3, -0.25) is 4.79 Å². The van der Waals surface area contributed by atoms with Crippen LogP contribution in [0.1, 0.15) is 51.9 Å². The molecule has 1 aliphatic heterocycles. The highest BCUT2D eigenvalue weighted by molar-refractivity contribution is 5.86. The lowest BCUT2D eigenvalue weighted by atomic mass is 9.88. The lowest BCUT2D eigenvalue weighted by Crippen LogP contribution is -2.52. The normalized spacial score (nSPS) is 30.5. The Morgan fingerprint density at radius 3 is 2.59 bits per heavy atom. The molecule has 0 radical (unpaired) electrons. The smallest absolute Gasteiger partial charge is 0.242 e. The second-order valence-corrected chi connectivity index (χ2v) is 6.05. The molecule has 1 heterocycles. The SMILES string of the molecule is CN(CC1CCCCC1)C(=O)C1(C)CCCN1. The van der Waals surface area contributed by atoms with Gasteiger partial charge in [-0.05, 0) is 45.1 Å². The highest BCUT2D eigenvalue weighted by atomic mass is 16.2. The fraction of sp³-hybridized carbons (Fsp3) is 0.929. The largest absolute Gasteiger partial charge is 0.344 e. The van der Waals surface area contributed by atoms with Crippen molar-refractivity contribution in [1.29, 1.82) is 0 Å². The third kappa shape index (κ3) is 3.01. The van der Waals surface area contributed by atoms with Gasteiger partial charge in [0, 0.05) is 13.6 Å². The van der Waals surface area contributed by atoms with Crippen molar-refractivity contribution in [3.05, 3.63) is 0 Å². The Bertz CT molecular complexity index is 265. The molecular formula is C14H26N2O. The summed E-state index contributed by atoms with van der Waals surface area (Å²) in [4.78, 5) is 14.4. The van der Waals surface area contributed by atoms with Gasteiger partial charge in [-0.2, -0.15) is 0 Å². The van der Waals surface area contributed by atoms with Gasteiger partial charge in [-0.15, -0.1) is 0 Å². The Morgan fingerprint density at radius 1 is 1.29 bits per heavy atom. The fourth-order valence-corrected chi connectivity index (χ4v) is 3.34. The van der Waals surface area contributed by atoms with Crippen LogP contribution in [0, 0.1) is 5.92 Å². The summed E-state index contributed by atoms with van der Waals surface area (Å²) in [6, 6.07) is 0. The number of hydrogen-bond donors (Lipinski definition) is 1. The van der Waals surface area contributed by atoms with E-state index >= 15 is 0 Å². The Balaban J connectivity index is 1.85. The molecule has 1 saturated heterocycles. The Kier molecular flexibility index (Phi) is 4.08. The fourth-order valence-electron chi connectivity index (χ4n) is 3.34. The third-order valence-corrected chi connectivity index (χ3v) is 4.44. The molecule has 1 amide bonds. The molecule has 17 heavy (non-hydrogen) atoms. The Morgan fingerprint density at radius 2 is 2.00 bits per heavy atom. The van der Waals surface area contributed by atoms with Crippen molar-refractivity contribution < 1.29 is 4.79 Å². The molecule has 1 N–H and O–H groups in total. The number of carbonyl (C=O) groups excluding carboxylic acids is 1. The van der Waals surface area contributed by atoms with Crippen LogP contribution in [-0.2, 0) is 4.79 Å². The summed E-state index contributed by atoms with van der Waals surface area (Å²) in [5.41, 5.74) is -0.288. The number of carbonyl (C=O) groups is 1. The first-order valence-electron chi connectivity index (χ1n) is 7.12. The van der Waals surface area contributed by atoms with Crippen molar-refractivity contribution in [3.8, 4) is 0 Å². The molecule has 0 aromatic heterocycles. The van der Waals surface area contributed by atoms with Gasteiger partial charge in [-0.25, -0.2) is 0 Å². The molecule has 1 aliphatic carbocycles. The van der Waals surface area contributed by atoms with Crippen LogP contribution in [0.2, 0.25) is 0 Å². The van der Waals surface area contributed by atoms with E-state index in [2.05, 4.69) is 12.2 Å². The summed E-state index contributed by atoms with van der Waals surface area (Å²) in [5, 5.41) is 3.36. The minimum absolute atomic E-state index is 0.288. The van der Waals surface area contributed by atoms with E-state index in [1.807, 2.05) is 11.9 Å².